The third-order valence-corrected chi connectivity index (χ3v) is 4.89. The third-order valence-electron chi connectivity index (χ3n) is 4.89. The van der Waals surface area contributed by atoms with Crippen LogP contribution >= 0.6 is 0 Å². The SMILES string of the molecule is COc1nc(NCC2C(C)(C)C2(C)C)ccc1N. The molecule has 0 radical (unpaired) electrons. The van der Waals surface area contributed by atoms with Crippen molar-refractivity contribution in [1.82, 2.24) is 4.98 Å². The predicted octanol–water partition coefficient (Wildman–Crippen LogP) is 2.77. The van der Waals surface area contributed by atoms with Gasteiger partial charge in [-0.2, -0.15) is 4.98 Å². The van der Waals surface area contributed by atoms with Crippen molar-refractivity contribution in [2.45, 2.75) is 27.7 Å². The van der Waals surface area contributed by atoms with E-state index in [4.69, 9.17) is 10.5 Å². The molecule has 1 aromatic rings. The van der Waals surface area contributed by atoms with E-state index in [0.717, 1.165) is 12.4 Å². The lowest BCUT2D eigenvalue weighted by atomic mass is 10.0. The molecule has 1 aliphatic rings. The molecule has 0 atom stereocenters. The molecule has 0 aromatic carbocycles. The van der Waals surface area contributed by atoms with Crippen LogP contribution < -0.4 is 15.8 Å². The fourth-order valence-electron chi connectivity index (χ4n) is 2.76. The average Bonchev–Trinajstić information content (AvgIpc) is 2.69. The Balaban J connectivity index is 2.00. The van der Waals surface area contributed by atoms with E-state index in [0.29, 0.717) is 28.3 Å². The second kappa shape index (κ2) is 4.04. The zero-order valence-electron chi connectivity index (χ0n) is 11.9. The van der Waals surface area contributed by atoms with Crippen LogP contribution in [0.2, 0.25) is 0 Å². The first-order chi connectivity index (χ1) is 8.30. The second-order valence-corrected chi connectivity index (χ2v) is 6.17. The quantitative estimate of drug-likeness (QED) is 0.861. The zero-order valence-corrected chi connectivity index (χ0v) is 11.9. The van der Waals surface area contributed by atoms with Gasteiger partial charge in [-0.3, -0.25) is 0 Å². The maximum atomic E-state index is 5.74. The molecule has 0 saturated heterocycles. The summed E-state index contributed by atoms with van der Waals surface area (Å²) < 4.78 is 5.11. The average molecular weight is 249 g/mol. The van der Waals surface area contributed by atoms with E-state index in [1.54, 1.807) is 7.11 Å². The van der Waals surface area contributed by atoms with Crippen molar-refractivity contribution in [1.29, 1.82) is 0 Å². The Hall–Kier alpha value is -1.45. The molecule has 3 N–H and O–H groups in total. The van der Waals surface area contributed by atoms with E-state index in [9.17, 15) is 0 Å². The molecule has 4 heteroatoms. The molecular weight excluding hydrogens is 226 g/mol. The Labute approximate surface area is 109 Å². The summed E-state index contributed by atoms with van der Waals surface area (Å²) in [6.45, 7) is 10.2. The number of anilines is 2. The van der Waals surface area contributed by atoms with Gasteiger partial charge in [0.25, 0.3) is 0 Å². The van der Waals surface area contributed by atoms with E-state index < -0.39 is 0 Å². The minimum absolute atomic E-state index is 0.387. The molecule has 1 fully saturated rings. The van der Waals surface area contributed by atoms with Crippen molar-refractivity contribution in [2.24, 2.45) is 16.7 Å². The fourth-order valence-corrected chi connectivity index (χ4v) is 2.76. The second-order valence-electron chi connectivity index (χ2n) is 6.17. The number of pyridine rings is 1. The smallest absolute Gasteiger partial charge is 0.238 e. The van der Waals surface area contributed by atoms with Gasteiger partial charge in [-0.1, -0.05) is 27.7 Å². The lowest BCUT2D eigenvalue weighted by Crippen LogP contribution is -2.10. The highest BCUT2D eigenvalue weighted by Crippen LogP contribution is 2.68. The molecule has 2 rings (SSSR count). The molecule has 0 aliphatic heterocycles. The summed E-state index contributed by atoms with van der Waals surface area (Å²) in [4.78, 5) is 4.33. The zero-order chi connectivity index (χ0) is 13.6. The van der Waals surface area contributed by atoms with Gasteiger partial charge in [-0.15, -0.1) is 0 Å². The summed E-state index contributed by atoms with van der Waals surface area (Å²) in [5, 5.41) is 3.37. The summed E-state index contributed by atoms with van der Waals surface area (Å²) >= 11 is 0. The minimum Gasteiger partial charge on any atom is -0.479 e. The van der Waals surface area contributed by atoms with Crippen LogP contribution in [0.1, 0.15) is 27.7 Å². The first kappa shape index (κ1) is 13.0. The van der Waals surface area contributed by atoms with E-state index in [2.05, 4.69) is 38.0 Å². The lowest BCUT2D eigenvalue weighted by molar-refractivity contribution is 0.401. The highest BCUT2D eigenvalue weighted by Gasteiger charge is 2.64. The highest BCUT2D eigenvalue weighted by molar-refractivity contribution is 5.53. The molecular formula is C14H23N3O. The number of methoxy groups -OCH3 is 1. The molecule has 100 valence electrons. The monoisotopic (exact) mass is 249 g/mol. The van der Waals surface area contributed by atoms with Crippen molar-refractivity contribution in [3.63, 3.8) is 0 Å². The van der Waals surface area contributed by atoms with E-state index in [1.807, 2.05) is 12.1 Å². The molecule has 0 amide bonds. The van der Waals surface area contributed by atoms with Gasteiger partial charge in [0.2, 0.25) is 5.88 Å². The largest absolute Gasteiger partial charge is 0.479 e. The molecule has 4 nitrogen and oxygen atoms in total. The van der Waals surface area contributed by atoms with Crippen molar-refractivity contribution in [2.75, 3.05) is 24.7 Å². The van der Waals surface area contributed by atoms with E-state index in [-0.39, 0.29) is 0 Å². The van der Waals surface area contributed by atoms with E-state index >= 15 is 0 Å². The number of ether oxygens (including phenoxy) is 1. The van der Waals surface area contributed by atoms with Gasteiger partial charge < -0.3 is 15.8 Å². The molecule has 18 heavy (non-hydrogen) atoms. The number of rotatable bonds is 4. The summed E-state index contributed by atoms with van der Waals surface area (Å²) in [7, 11) is 1.58. The van der Waals surface area contributed by atoms with Crippen LogP contribution in [0.3, 0.4) is 0 Å². The number of hydrogen-bond donors (Lipinski definition) is 2. The van der Waals surface area contributed by atoms with Gasteiger partial charge in [0, 0.05) is 6.54 Å². The molecule has 0 bridgehead atoms. The van der Waals surface area contributed by atoms with Crippen molar-refractivity contribution < 1.29 is 4.74 Å². The maximum Gasteiger partial charge on any atom is 0.238 e. The highest BCUT2D eigenvalue weighted by atomic mass is 16.5. The first-order valence-electron chi connectivity index (χ1n) is 6.35. The van der Waals surface area contributed by atoms with E-state index in [1.165, 1.54) is 0 Å². The summed E-state index contributed by atoms with van der Waals surface area (Å²) in [6.07, 6.45) is 0. The number of nitrogens with zero attached hydrogens (tertiary/aromatic N) is 1. The van der Waals surface area contributed by atoms with Crippen LogP contribution in [0, 0.1) is 16.7 Å². The number of hydrogen-bond acceptors (Lipinski definition) is 4. The predicted molar refractivity (Wildman–Crippen MR) is 74.7 cm³/mol. The van der Waals surface area contributed by atoms with Crippen LogP contribution in [-0.2, 0) is 0 Å². The number of nitrogen functional groups attached to an aromatic ring is 1. The molecule has 1 saturated carbocycles. The Bertz CT molecular complexity index is 440. The summed E-state index contributed by atoms with van der Waals surface area (Å²) in [6, 6.07) is 3.71. The van der Waals surface area contributed by atoms with Crippen LogP contribution in [0.15, 0.2) is 12.1 Å². The fraction of sp³-hybridized carbons (Fsp3) is 0.643. The topological polar surface area (TPSA) is 60.2 Å². The number of nitrogens with one attached hydrogen (secondary N) is 1. The molecule has 1 heterocycles. The van der Waals surface area contributed by atoms with Crippen LogP contribution in [-0.4, -0.2) is 18.6 Å². The van der Waals surface area contributed by atoms with Crippen molar-refractivity contribution in [3.05, 3.63) is 12.1 Å². The Kier molecular flexibility index (Phi) is 2.92. The van der Waals surface area contributed by atoms with Crippen LogP contribution in [0.25, 0.3) is 0 Å². The van der Waals surface area contributed by atoms with Crippen molar-refractivity contribution >= 4 is 11.5 Å². The number of aromatic nitrogens is 1. The summed E-state index contributed by atoms with van der Waals surface area (Å²) in [5.41, 5.74) is 7.08. The van der Waals surface area contributed by atoms with Gasteiger partial charge in [0.1, 0.15) is 5.82 Å². The number of nitrogens with two attached hydrogens (primary N) is 1. The Morgan fingerprint density at radius 3 is 2.39 bits per heavy atom. The van der Waals surface area contributed by atoms with Crippen LogP contribution in [0.4, 0.5) is 11.5 Å². The Morgan fingerprint density at radius 2 is 1.89 bits per heavy atom. The Morgan fingerprint density at radius 1 is 1.28 bits per heavy atom. The molecule has 1 aromatic heterocycles. The third kappa shape index (κ3) is 1.89. The lowest BCUT2D eigenvalue weighted by Gasteiger charge is -2.09. The standard InChI is InChI=1S/C14H23N3O/c1-13(2)10(14(13,3)4)8-16-11-7-6-9(15)12(17-11)18-5/h6-7,10H,8,15H2,1-5H3,(H,16,17). The summed E-state index contributed by atoms with van der Waals surface area (Å²) in [5.74, 6) is 1.96. The van der Waals surface area contributed by atoms with Gasteiger partial charge >= 0.3 is 0 Å². The van der Waals surface area contributed by atoms with Gasteiger partial charge in [-0.25, -0.2) is 0 Å². The van der Waals surface area contributed by atoms with Gasteiger partial charge in [0.05, 0.1) is 12.8 Å². The maximum absolute atomic E-state index is 5.74. The van der Waals surface area contributed by atoms with Gasteiger partial charge in [0.15, 0.2) is 0 Å². The van der Waals surface area contributed by atoms with Crippen molar-refractivity contribution in [3.8, 4) is 5.88 Å². The normalized spacial score (nSPS) is 20.5. The first-order valence-corrected chi connectivity index (χ1v) is 6.35. The van der Waals surface area contributed by atoms with Crippen LogP contribution in [0.5, 0.6) is 5.88 Å². The molecule has 0 unspecified atom stereocenters. The molecule has 0 spiro atoms. The molecule has 1 aliphatic carbocycles. The minimum atomic E-state index is 0.387. The van der Waals surface area contributed by atoms with Gasteiger partial charge in [-0.05, 0) is 28.9 Å².